The van der Waals surface area contributed by atoms with Crippen LogP contribution in [0.1, 0.15) is 62.6 Å². The summed E-state index contributed by atoms with van der Waals surface area (Å²) in [6.45, 7) is 8.82. The van der Waals surface area contributed by atoms with Gasteiger partial charge in [-0.05, 0) is 49.9 Å². The van der Waals surface area contributed by atoms with E-state index in [4.69, 9.17) is 14.0 Å². The second-order valence-corrected chi connectivity index (χ2v) is 6.86. The molecule has 1 aliphatic rings. The Hall–Kier alpha value is -2.01. The largest absolute Gasteiger partial charge is 0.493 e. The number of methoxy groups -OCH3 is 1. The van der Waals surface area contributed by atoms with E-state index in [9.17, 15) is 0 Å². The van der Waals surface area contributed by atoms with Gasteiger partial charge in [0.1, 0.15) is 0 Å². The Morgan fingerprint density at radius 3 is 2.80 bits per heavy atom. The smallest absolute Gasteiger partial charge is 0.161 e. The first-order chi connectivity index (χ1) is 12.1. The predicted molar refractivity (Wildman–Crippen MR) is 97.1 cm³/mol. The van der Waals surface area contributed by atoms with Gasteiger partial charge < -0.3 is 14.0 Å². The van der Waals surface area contributed by atoms with Gasteiger partial charge in [-0.15, -0.1) is 0 Å². The van der Waals surface area contributed by atoms with Gasteiger partial charge in [0.05, 0.1) is 25.5 Å². The second-order valence-electron chi connectivity index (χ2n) is 6.86. The number of hydrogen-bond donors (Lipinski definition) is 0. The molecule has 2 aromatic rings. The summed E-state index contributed by atoms with van der Waals surface area (Å²) < 4.78 is 16.7. The Kier molecular flexibility index (Phi) is 5.63. The fourth-order valence-corrected chi connectivity index (χ4v) is 3.39. The number of rotatable bonds is 7. The molecule has 5 nitrogen and oxygen atoms in total. The van der Waals surface area contributed by atoms with Crippen LogP contribution in [0.15, 0.2) is 28.8 Å². The van der Waals surface area contributed by atoms with Crippen LogP contribution in [0.25, 0.3) is 0 Å². The molecule has 1 fully saturated rings. The lowest BCUT2D eigenvalue weighted by Gasteiger charge is -2.22. The molecule has 25 heavy (non-hydrogen) atoms. The molecule has 1 aromatic heterocycles. The van der Waals surface area contributed by atoms with Crippen LogP contribution in [0.5, 0.6) is 11.5 Å². The van der Waals surface area contributed by atoms with Crippen LogP contribution in [0, 0.1) is 0 Å². The summed E-state index contributed by atoms with van der Waals surface area (Å²) in [5, 5.41) is 4.22. The lowest BCUT2D eigenvalue weighted by Crippen LogP contribution is -2.22. The first-order valence-corrected chi connectivity index (χ1v) is 9.12. The zero-order valence-electron chi connectivity index (χ0n) is 15.6. The van der Waals surface area contributed by atoms with E-state index in [-0.39, 0.29) is 0 Å². The lowest BCUT2D eigenvalue weighted by atomic mass is 10.1. The van der Waals surface area contributed by atoms with Gasteiger partial charge in [-0.2, -0.15) is 0 Å². The van der Waals surface area contributed by atoms with Crippen molar-refractivity contribution in [3.63, 3.8) is 0 Å². The van der Waals surface area contributed by atoms with Crippen molar-refractivity contribution in [3.05, 3.63) is 41.3 Å². The molecule has 0 amide bonds. The Morgan fingerprint density at radius 1 is 1.28 bits per heavy atom. The van der Waals surface area contributed by atoms with Gasteiger partial charge in [-0.3, -0.25) is 4.90 Å². The van der Waals surface area contributed by atoms with Crippen molar-refractivity contribution in [2.24, 2.45) is 0 Å². The third-order valence-electron chi connectivity index (χ3n) is 4.74. The van der Waals surface area contributed by atoms with E-state index in [1.165, 1.54) is 12.0 Å². The molecule has 2 heterocycles. The molecule has 1 aromatic carbocycles. The summed E-state index contributed by atoms with van der Waals surface area (Å²) in [4.78, 5) is 2.46. The average molecular weight is 344 g/mol. The normalized spacial score (nSPS) is 18.0. The maximum Gasteiger partial charge on any atom is 0.161 e. The quantitative estimate of drug-likeness (QED) is 0.738. The minimum absolute atomic E-state index is 0.303. The van der Waals surface area contributed by atoms with E-state index in [1.54, 1.807) is 7.11 Å². The highest BCUT2D eigenvalue weighted by Gasteiger charge is 2.29. The van der Waals surface area contributed by atoms with Crippen molar-refractivity contribution >= 4 is 0 Å². The van der Waals surface area contributed by atoms with Gasteiger partial charge in [0.15, 0.2) is 17.3 Å². The van der Waals surface area contributed by atoms with Gasteiger partial charge in [-0.25, -0.2) is 0 Å². The maximum atomic E-state index is 5.64. The minimum Gasteiger partial charge on any atom is -0.493 e. The van der Waals surface area contributed by atoms with E-state index in [0.29, 0.717) is 18.6 Å². The molecule has 0 saturated carbocycles. The molecule has 1 atom stereocenters. The van der Waals surface area contributed by atoms with E-state index in [2.05, 4.69) is 42.1 Å². The molecule has 136 valence electrons. The van der Waals surface area contributed by atoms with E-state index in [1.807, 2.05) is 13.0 Å². The summed E-state index contributed by atoms with van der Waals surface area (Å²) in [6, 6.07) is 8.60. The van der Waals surface area contributed by atoms with Gasteiger partial charge in [0, 0.05) is 12.6 Å². The van der Waals surface area contributed by atoms with Crippen molar-refractivity contribution in [2.45, 2.75) is 52.1 Å². The van der Waals surface area contributed by atoms with Gasteiger partial charge in [-0.1, -0.05) is 25.1 Å². The zero-order chi connectivity index (χ0) is 17.8. The molecule has 1 aliphatic heterocycles. The average Bonchev–Trinajstić information content (AvgIpc) is 3.25. The van der Waals surface area contributed by atoms with E-state index < -0.39 is 0 Å². The fourth-order valence-electron chi connectivity index (χ4n) is 3.39. The van der Waals surface area contributed by atoms with Crippen LogP contribution >= 0.6 is 0 Å². The molecule has 0 radical (unpaired) electrons. The van der Waals surface area contributed by atoms with Crippen LogP contribution in [-0.2, 0) is 6.54 Å². The van der Waals surface area contributed by atoms with Gasteiger partial charge in [0.25, 0.3) is 0 Å². The molecule has 0 spiro atoms. The number of likely N-dealkylation sites (tertiary alicyclic amines) is 1. The van der Waals surface area contributed by atoms with Gasteiger partial charge in [0.2, 0.25) is 0 Å². The fraction of sp³-hybridized carbons (Fsp3) is 0.550. The van der Waals surface area contributed by atoms with Crippen molar-refractivity contribution in [1.82, 2.24) is 10.1 Å². The Balaban J connectivity index is 1.74. The monoisotopic (exact) mass is 344 g/mol. The molecule has 1 saturated heterocycles. The van der Waals surface area contributed by atoms with Gasteiger partial charge >= 0.3 is 0 Å². The summed E-state index contributed by atoms with van der Waals surface area (Å²) in [5.74, 6) is 2.96. The zero-order valence-corrected chi connectivity index (χ0v) is 15.6. The van der Waals surface area contributed by atoms with Crippen molar-refractivity contribution < 1.29 is 14.0 Å². The van der Waals surface area contributed by atoms with E-state index in [0.717, 1.165) is 42.5 Å². The second kappa shape index (κ2) is 7.91. The molecule has 5 heteroatoms. The van der Waals surface area contributed by atoms with Crippen LogP contribution in [0.3, 0.4) is 0 Å². The minimum atomic E-state index is 0.303. The number of ether oxygens (including phenoxy) is 2. The standard InChI is InChI=1S/C20H28N2O3/c1-5-24-18-9-8-15(11-20(18)23-4)13-22-10-6-7-17(22)19-12-16(14(2)3)21-25-19/h8-9,11-12,14,17H,5-7,10,13H2,1-4H3/t17-/m1/s1. The molecular weight excluding hydrogens is 316 g/mol. The van der Waals surface area contributed by atoms with Crippen LogP contribution in [-0.4, -0.2) is 30.3 Å². The molecule has 0 aliphatic carbocycles. The van der Waals surface area contributed by atoms with E-state index >= 15 is 0 Å². The summed E-state index contributed by atoms with van der Waals surface area (Å²) in [5.41, 5.74) is 2.25. The van der Waals surface area contributed by atoms with Crippen molar-refractivity contribution in [3.8, 4) is 11.5 Å². The molecule has 0 N–H and O–H groups in total. The Morgan fingerprint density at radius 2 is 2.12 bits per heavy atom. The third-order valence-corrected chi connectivity index (χ3v) is 4.74. The first-order valence-electron chi connectivity index (χ1n) is 9.12. The molecule has 0 unspecified atom stereocenters. The SMILES string of the molecule is CCOc1ccc(CN2CCC[C@@H]2c2cc(C(C)C)no2)cc1OC. The predicted octanol–water partition coefficient (Wildman–Crippen LogP) is 4.54. The molecule has 0 bridgehead atoms. The lowest BCUT2D eigenvalue weighted by molar-refractivity contribution is 0.206. The third kappa shape index (κ3) is 3.98. The first kappa shape index (κ1) is 17.8. The highest BCUT2D eigenvalue weighted by molar-refractivity contribution is 5.43. The molecular formula is C20H28N2O3. The highest BCUT2D eigenvalue weighted by Crippen LogP contribution is 2.35. The number of aromatic nitrogens is 1. The summed E-state index contributed by atoms with van der Waals surface area (Å²) in [6.07, 6.45) is 2.29. The maximum absolute atomic E-state index is 5.64. The topological polar surface area (TPSA) is 47.7 Å². The van der Waals surface area contributed by atoms with Crippen molar-refractivity contribution in [1.29, 1.82) is 0 Å². The van der Waals surface area contributed by atoms with Crippen molar-refractivity contribution in [2.75, 3.05) is 20.3 Å². The Labute approximate surface area is 149 Å². The molecule has 3 rings (SSSR count). The van der Waals surface area contributed by atoms with Crippen LogP contribution in [0.4, 0.5) is 0 Å². The van der Waals surface area contributed by atoms with Crippen LogP contribution in [0.2, 0.25) is 0 Å². The number of benzene rings is 1. The highest BCUT2D eigenvalue weighted by atomic mass is 16.5. The number of hydrogen-bond acceptors (Lipinski definition) is 5. The summed E-state index contributed by atoms with van der Waals surface area (Å²) >= 11 is 0. The van der Waals surface area contributed by atoms with Crippen LogP contribution < -0.4 is 9.47 Å². The summed E-state index contributed by atoms with van der Waals surface area (Å²) in [7, 11) is 1.68. The number of nitrogens with zero attached hydrogens (tertiary/aromatic N) is 2. The Bertz CT molecular complexity index is 696.